The van der Waals surface area contributed by atoms with E-state index in [1.54, 1.807) is 0 Å². The minimum Gasteiger partial charge on any atom is -0.463 e. The molecule has 240 valence electrons. The van der Waals surface area contributed by atoms with E-state index >= 15 is 0 Å². The van der Waals surface area contributed by atoms with Gasteiger partial charge < -0.3 is 23.7 Å². The molecule has 0 aromatic rings. The third kappa shape index (κ3) is 35.3. The third-order valence-electron chi connectivity index (χ3n) is 7.23. The number of carbonyl (C=O) groups is 1. The Labute approximate surface area is 249 Å². The van der Waals surface area contributed by atoms with E-state index in [0.717, 1.165) is 25.9 Å². The summed E-state index contributed by atoms with van der Waals surface area (Å²) in [6.45, 7) is 9.44. The van der Waals surface area contributed by atoms with Gasteiger partial charge >= 0.3 is 5.97 Å². The van der Waals surface area contributed by atoms with Crippen LogP contribution in [0.4, 0.5) is 0 Å². The maximum Gasteiger partial charge on any atom is 0.305 e. The van der Waals surface area contributed by atoms with Crippen molar-refractivity contribution in [3.05, 3.63) is 0 Å². The zero-order chi connectivity index (χ0) is 29.0. The van der Waals surface area contributed by atoms with Gasteiger partial charge in [-0.25, -0.2) is 0 Å². The van der Waals surface area contributed by atoms with Crippen molar-refractivity contribution in [2.75, 3.05) is 59.5 Å². The number of ether oxygens (including phenoxy) is 5. The Morgan fingerprint density at radius 1 is 0.350 bits per heavy atom. The average Bonchev–Trinajstić information content (AvgIpc) is 2.96. The molecule has 0 heterocycles. The first-order valence-electron chi connectivity index (χ1n) is 17.3. The van der Waals surface area contributed by atoms with Gasteiger partial charge in [0, 0.05) is 13.0 Å². The second-order valence-electron chi connectivity index (χ2n) is 11.1. The SMILES string of the molecule is CCCCCCCCCCCCCCCCCCOCCOCCOCCOCCOC(=O)CCCCCCC. The molecule has 40 heavy (non-hydrogen) atoms. The van der Waals surface area contributed by atoms with Crippen LogP contribution in [0.5, 0.6) is 0 Å². The van der Waals surface area contributed by atoms with E-state index in [4.69, 9.17) is 23.7 Å². The predicted molar refractivity (Wildman–Crippen MR) is 167 cm³/mol. The molecule has 6 nitrogen and oxygen atoms in total. The summed E-state index contributed by atoms with van der Waals surface area (Å²) in [4.78, 5) is 11.6. The van der Waals surface area contributed by atoms with Crippen molar-refractivity contribution in [3.63, 3.8) is 0 Å². The van der Waals surface area contributed by atoms with Gasteiger partial charge in [0.25, 0.3) is 0 Å². The van der Waals surface area contributed by atoms with Gasteiger partial charge in [-0.05, 0) is 12.8 Å². The highest BCUT2D eigenvalue weighted by molar-refractivity contribution is 5.69. The topological polar surface area (TPSA) is 63.2 Å². The normalized spacial score (nSPS) is 11.3. The average molecular weight is 573 g/mol. The molecule has 0 bridgehead atoms. The minimum atomic E-state index is -0.123. The molecule has 0 radical (unpaired) electrons. The Balaban J connectivity index is 3.08. The van der Waals surface area contributed by atoms with E-state index in [9.17, 15) is 4.79 Å². The quantitative estimate of drug-likeness (QED) is 0.0557. The molecule has 0 aliphatic rings. The number of esters is 1. The Bertz CT molecular complexity index is 473. The van der Waals surface area contributed by atoms with Gasteiger partial charge in [0.05, 0.1) is 46.2 Å². The van der Waals surface area contributed by atoms with Crippen LogP contribution in [0.1, 0.15) is 155 Å². The molecule has 0 unspecified atom stereocenters. The lowest BCUT2D eigenvalue weighted by molar-refractivity contribution is -0.145. The summed E-state index contributed by atoms with van der Waals surface area (Å²) < 4.78 is 27.3. The molecule has 0 aliphatic heterocycles. The molecular formula is C34H68O6. The van der Waals surface area contributed by atoms with Gasteiger partial charge in [-0.1, -0.05) is 136 Å². The molecule has 0 aromatic heterocycles. The van der Waals surface area contributed by atoms with Crippen LogP contribution in [0.25, 0.3) is 0 Å². The molecule has 0 saturated carbocycles. The Hall–Kier alpha value is -0.690. The molecule has 0 N–H and O–H groups in total. The molecule has 6 heteroatoms. The van der Waals surface area contributed by atoms with Crippen LogP contribution in [-0.2, 0) is 28.5 Å². The van der Waals surface area contributed by atoms with Crippen molar-refractivity contribution < 1.29 is 28.5 Å². The van der Waals surface area contributed by atoms with Crippen molar-refractivity contribution in [3.8, 4) is 0 Å². The van der Waals surface area contributed by atoms with E-state index in [1.165, 1.54) is 116 Å². The first kappa shape index (κ1) is 39.3. The molecule has 0 atom stereocenters. The van der Waals surface area contributed by atoms with E-state index in [0.29, 0.717) is 59.3 Å². The molecular weight excluding hydrogens is 504 g/mol. The Morgan fingerprint density at radius 3 is 1.05 bits per heavy atom. The molecule has 0 saturated heterocycles. The number of carbonyl (C=O) groups excluding carboxylic acids is 1. The zero-order valence-electron chi connectivity index (χ0n) is 26.9. The lowest BCUT2D eigenvalue weighted by atomic mass is 10.0. The van der Waals surface area contributed by atoms with Gasteiger partial charge in [-0.15, -0.1) is 0 Å². The van der Waals surface area contributed by atoms with Crippen molar-refractivity contribution in [2.24, 2.45) is 0 Å². The maximum atomic E-state index is 11.6. The van der Waals surface area contributed by atoms with Gasteiger partial charge in [0.15, 0.2) is 0 Å². The number of hydrogen-bond donors (Lipinski definition) is 0. The monoisotopic (exact) mass is 573 g/mol. The van der Waals surface area contributed by atoms with Crippen LogP contribution in [0.2, 0.25) is 0 Å². The molecule has 0 amide bonds. The van der Waals surface area contributed by atoms with Crippen molar-refractivity contribution in [2.45, 2.75) is 155 Å². The summed E-state index contributed by atoms with van der Waals surface area (Å²) in [6, 6.07) is 0. The van der Waals surface area contributed by atoms with Crippen LogP contribution in [0.3, 0.4) is 0 Å². The molecule has 0 fully saturated rings. The first-order chi connectivity index (χ1) is 19.8. The maximum absolute atomic E-state index is 11.6. The summed E-state index contributed by atoms with van der Waals surface area (Å²) in [5, 5.41) is 0. The number of hydrogen-bond acceptors (Lipinski definition) is 6. The Morgan fingerprint density at radius 2 is 0.650 bits per heavy atom. The van der Waals surface area contributed by atoms with Gasteiger partial charge in [0.1, 0.15) is 6.61 Å². The van der Waals surface area contributed by atoms with Crippen molar-refractivity contribution >= 4 is 5.97 Å². The largest absolute Gasteiger partial charge is 0.463 e. The predicted octanol–water partition coefficient (Wildman–Crippen LogP) is 9.22. The van der Waals surface area contributed by atoms with Crippen LogP contribution < -0.4 is 0 Å². The second kappa shape index (κ2) is 36.3. The fourth-order valence-corrected chi connectivity index (χ4v) is 4.67. The van der Waals surface area contributed by atoms with Crippen molar-refractivity contribution in [1.82, 2.24) is 0 Å². The van der Waals surface area contributed by atoms with Crippen LogP contribution in [-0.4, -0.2) is 65.4 Å². The van der Waals surface area contributed by atoms with E-state index in [-0.39, 0.29) is 5.97 Å². The Kier molecular flexibility index (Phi) is 35.7. The fraction of sp³-hybridized carbons (Fsp3) is 0.971. The van der Waals surface area contributed by atoms with Gasteiger partial charge in [0.2, 0.25) is 0 Å². The lowest BCUT2D eigenvalue weighted by Gasteiger charge is -2.08. The first-order valence-corrected chi connectivity index (χ1v) is 17.3. The highest BCUT2D eigenvalue weighted by atomic mass is 16.6. The molecule has 0 rings (SSSR count). The molecule has 0 spiro atoms. The van der Waals surface area contributed by atoms with Gasteiger partial charge in [-0.2, -0.15) is 0 Å². The van der Waals surface area contributed by atoms with E-state index < -0.39 is 0 Å². The van der Waals surface area contributed by atoms with Gasteiger partial charge in [-0.3, -0.25) is 4.79 Å². The summed E-state index contributed by atoms with van der Waals surface area (Å²) in [7, 11) is 0. The number of rotatable bonds is 35. The number of unbranched alkanes of at least 4 members (excludes halogenated alkanes) is 19. The molecule has 0 aromatic carbocycles. The third-order valence-corrected chi connectivity index (χ3v) is 7.23. The summed E-state index contributed by atoms with van der Waals surface area (Å²) >= 11 is 0. The van der Waals surface area contributed by atoms with Crippen LogP contribution >= 0.6 is 0 Å². The standard InChI is InChI=1S/C34H68O6/c1-3-5-7-9-10-11-12-13-14-15-16-17-18-19-21-23-25-36-26-27-37-28-29-38-30-31-39-32-33-40-34(35)24-22-20-8-6-4-2/h3-33H2,1-2H3. The second-order valence-corrected chi connectivity index (χ2v) is 11.1. The summed E-state index contributed by atoms with van der Waals surface area (Å²) in [5.74, 6) is -0.123. The minimum absolute atomic E-state index is 0.123. The van der Waals surface area contributed by atoms with E-state index in [2.05, 4.69) is 13.8 Å². The summed E-state index contributed by atoms with van der Waals surface area (Å²) in [6.07, 6.45) is 28.4. The zero-order valence-corrected chi connectivity index (χ0v) is 26.9. The smallest absolute Gasteiger partial charge is 0.305 e. The lowest BCUT2D eigenvalue weighted by Crippen LogP contribution is -2.14. The van der Waals surface area contributed by atoms with Crippen molar-refractivity contribution in [1.29, 1.82) is 0 Å². The van der Waals surface area contributed by atoms with E-state index in [1.807, 2.05) is 0 Å². The summed E-state index contributed by atoms with van der Waals surface area (Å²) in [5.41, 5.74) is 0. The van der Waals surface area contributed by atoms with Crippen LogP contribution in [0, 0.1) is 0 Å². The molecule has 0 aliphatic carbocycles. The fourth-order valence-electron chi connectivity index (χ4n) is 4.67. The highest BCUT2D eigenvalue weighted by Gasteiger charge is 2.02. The van der Waals surface area contributed by atoms with Crippen LogP contribution in [0.15, 0.2) is 0 Å². The highest BCUT2D eigenvalue weighted by Crippen LogP contribution is 2.13.